The van der Waals surface area contributed by atoms with Crippen LogP contribution in [0, 0.1) is 11.6 Å². The molecule has 5 heteroatoms. The molecule has 0 aliphatic heterocycles. The minimum absolute atomic E-state index is 0.0147. The second-order valence-corrected chi connectivity index (χ2v) is 4.32. The van der Waals surface area contributed by atoms with E-state index in [-0.39, 0.29) is 23.9 Å². The minimum Gasteiger partial charge on any atom is -0.343 e. The molecule has 0 saturated heterocycles. The van der Waals surface area contributed by atoms with E-state index in [0.717, 1.165) is 6.07 Å². The number of amides is 1. The van der Waals surface area contributed by atoms with Crippen LogP contribution in [0.15, 0.2) is 18.2 Å². The summed E-state index contributed by atoms with van der Waals surface area (Å²) >= 11 is 0. The maximum Gasteiger partial charge on any atom is 0.227 e. The summed E-state index contributed by atoms with van der Waals surface area (Å²) < 4.78 is 26.4. The molecule has 1 aromatic rings. The largest absolute Gasteiger partial charge is 0.343 e. The fourth-order valence-corrected chi connectivity index (χ4v) is 1.65. The first-order valence-corrected chi connectivity index (χ1v) is 5.86. The Balaban J connectivity index is 2.72. The van der Waals surface area contributed by atoms with Crippen LogP contribution < -0.4 is 5.73 Å². The van der Waals surface area contributed by atoms with Gasteiger partial charge < -0.3 is 10.6 Å². The summed E-state index contributed by atoms with van der Waals surface area (Å²) in [5.41, 5.74) is 5.49. The van der Waals surface area contributed by atoms with Crippen LogP contribution in [0.2, 0.25) is 0 Å². The third-order valence-corrected chi connectivity index (χ3v) is 3.01. The van der Waals surface area contributed by atoms with E-state index >= 15 is 0 Å². The summed E-state index contributed by atoms with van der Waals surface area (Å²) in [7, 11) is 1.64. The molecule has 100 valence electrons. The van der Waals surface area contributed by atoms with Crippen molar-refractivity contribution in [2.75, 3.05) is 13.6 Å². The van der Waals surface area contributed by atoms with Gasteiger partial charge in [-0.15, -0.1) is 0 Å². The van der Waals surface area contributed by atoms with Gasteiger partial charge in [0.05, 0.1) is 6.42 Å². The molecule has 0 radical (unpaired) electrons. The van der Waals surface area contributed by atoms with Gasteiger partial charge in [-0.2, -0.15) is 0 Å². The van der Waals surface area contributed by atoms with Gasteiger partial charge in [-0.25, -0.2) is 8.78 Å². The molecule has 3 nitrogen and oxygen atoms in total. The highest BCUT2D eigenvalue weighted by atomic mass is 19.2. The standard InChI is InChI=1S/C13H18F2N2O/c1-9(6-7-16)17(2)12(18)8-10-4-3-5-11(14)13(10)15/h3-5,9H,6-8,16H2,1-2H3. The van der Waals surface area contributed by atoms with Crippen molar-refractivity contribution in [1.29, 1.82) is 0 Å². The fourth-order valence-electron chi connectivity index (χ4n) is 1.65. The topological polar surface area (TPSA) is 46.3 Å². The van der Waals surface area contributed by atoms with Crippen LogP contribution in [0.4, 0.5) is 8.78 Å². The summed E-state index contributed by atoms with van der Waals surface area (Å²) in [5, 5.41) is 0. The third kappa shape index (κ3) is 3.50. The average molecular weight is 256 g/mol. The molecule has 0 spiro atoms. The zero-order valence-corrected chi connectivity index (χ0v) is 10.6. The van der Waals surface area contributed by atoms with E-state index in [4.69, 9.17) is 5.73 Å². The quantitative estimate of drug-likeness (QED) is 0.871. The van der Waals surface area contributed by atoms with E-state index < -0.39 is 11.6 Å². The van der Waals surface area contributed by atoms with E-state index in [9.17, 15) is 13.6 Å². The normalized spacial score (nSPS) is 12.3. The number of hydrogen-bond donors (Lipinski definition) is 1. The predicted molar refractivity (Wildman–Crippen MR) is 66.0 cm³/mol. The lowest BCUT2D eigenvalue weighted by atomic mass is 10.1. The number of halogens is 2. The summed E-state index contributed by atoms with van der Waals surface area (Å²) in [6, 6.07) is 3.82. The third-order valence-electron chi connectivity index (χ3n) is 3.01. The van der Waals surface area contributed by atoms with Gasteiger partial charge in [-0.3, -0.25) is 4.79 Å². The minimum atomic E-state index is -0.953. The van der Waals surface area contributed by atoms with E-state index in [0.29, 0.717) is 13.0 Å². The molecule has 0 aliphatic rings. The SMILES string of the molecule is CC(CCN)N(C)C(=O)Cc1cccc(F)c1F. The molecule has 1 rings (SSSR count). The molecule has 1 amide bonds. The Morgan fingerprint density at radius 3 is 2.72 bits per heavy atom. The molecular weight excluding hydrogens is 238 g/mol. The van der Waals surface area contributed by atoms with Crippen molar-refractivity contribution in [2.24, 2.45) is 5.73 Å². The number of carbonyl (C=O) groups is 1. The van der Waals surface area contributed by atoms with Crippen molar-refractivity contribution < 1.29 is 13.6 Å². The molecule has 0 aromatic heterocycles. The maximum atomic E-state index is 13.4. The summed E-state index contributed by atoms with van der Waals surface area (Å²) in [4.78, 5) is 13.4. The molecular formula is C13H18F2N2O. The molecule has 2 N–H and O–H groups in total. The number of hydrogen-bond acceptors (Lipinski definition) is 2. The van der Waals surface area contributed by atoms with Gasteiger partial charge in [-0.1, -0.05) is 12.1 Å². The van der Waals surface area contributed by atoms with Crippen LogP contribution in [-0.4, -0.2) is 30.4 Å². The van der Waals surface area contributed by atoms with Gasteiger partial charge in [0.15, 0.2) is 11.6 Å². The summed E-state index contributed by atoms with van der Waals surface area (Å²) in [6.07, 6.45) is 0.531. The molecule has 0 fully saturated rings. The molecule has 18 heavy (non-hydrogen) atoms. The van der Waals surface area contributed by atoms with Gasteiger partial charge >= 0.3 is 0 Å². The Morgan fingerprint density at radius 2 is 2.11 bits per heavy atom. The highest BCUT2D eigenvalue weighted by molar-refractivity contribution is 5.78. The van der Waals surface area contributed by atoms with Crippen LogP contribution in [0.3, 0.4) is 0 Å². The lowest BCUT2D eigenvalue weighted by molar-refractivity contribution is -0.131. The molecule has 0 aliphatic carbocycles. The number of carbonyl (C=O) groups excluding carboxylic acids is 1. The van der Waals surface area contributed by atoms with Crippen molar-refractivity contribution in [3.8, 4) is 0 Å². The Bertz CT molecular complexity index is 423. The zero-order valence-electron chi connectivity index (χ0n) is 10.6. The second kappa shape index (κ2) is 6.44. The second-order valence-electron chi connectivity index (χ2n) is 4.32. The first kappa shape index (κ1) is 14.6. The predicted octanol–water partition coefficient (Wildman–Crippen LogP) is 1.70. The van der Waals surface area contributed by atoms with Crippen LogP contribution >= 0.6 is 0 Å². The first-order chi connectivity index (χ1) is 8.47. The monoisotopic (exact) mass is 256 g/mol. The number of nitrogens with zero attached hydrogens (tertiary/aromatic N) is 1. The van der Waals surface area contributed by atoms with Gasteiger partial charge in [0.2, 0.25) is 5.91 Å². The molecule has 1 aromatic carbocycles. The van der Waals surface area contributed by atoms with Crippen LogP contribution in [0.25, 0.3) is 0 Å². The fraction of sp³-hybridized carbons (Fsp3) is 0.462. The average Bonchev–Trinajstić information content (AvgIpc) is 2.34. The van der Waals surface area contributed by atoms with Crippen LogP contribution in [0.5, 0.6) is 0 Å². The van der Waals surface area contributed by atoms with E-state index in [2.05, 4.69) is 0 Å². The number of benzene rings is 1. The number of likely N-dealkylation sites (N-methyl/N-ethyl adjacent to an activating group) is 1. The summed E-state index contributed by atoms with van der Waals surface area (Å²) in [6.45, 7) is 2.35. The van der Waals surface area contributed by atoms with E-state index in [1.165, 1.54) is 17.0 Å². The van der Waals surface area contributed by atoms with Crippen molar-refractivity contribution in [1.82, 2.24) is 4.90 Å². The van der Waals surface area contributed by atoms with Gasteiger partial charge in [0.25, 0.3) is 0 Å². The van der Waals surface area contributed by atoms with Crippen LogP contribution in [-0.2, 0) is 11.2 Å². The summed E-state index contributed by atoms with van der Waals surface area (Å²) in [5.74, 6) is -2.14. The Morgan fingerprint density at radius 1 is 1.44 bits per heavy atom. The Hall–Kier alpha value is -1.49. The lowest BCUT2D eigenvalue weighted by Crippen LogP contribution is -2.37. The highest BCUT2D eigenvalue weighted by Crippen LogP contribution is 2.13. The van der Waals surface area contributed by atoms with Crippen LogP contribution in [0.1, 0.15) is 18.9 Å². The van der Waals surface area contributed by atoms with Gasteiger partial charge in [0, 0.05) is 18.7 Å². The highest BCUT2D eigenvalue weighted by Gasteiger charge is 2.18. The van der Waals surface area contributed by atoms with Gasteiger partial charge in [0.1, 0.15) is 0 Å². The lowest BCUT2D eigenvalue weighted by Gasteiger charge is -2.24. The van der Waals surface area contributed by atoms with Crippen molar-refractivity contribution in [3.63, 3.8) is 0 Å². The van der Waals surface area contributed by atoms with E-state index in [1.807, 2.05) is 6.92 Å². The van der Waals surface area contributed by atoms with E-state index in [1.54, 1.807) is 7.05 Å². The molecule has 0 bridgehead atoms. The zero-order chi connectivity index (χ0) is 13.7. The number of rotatable bonds is 5. The maximum absolute atomic E-state index is 13.4. The molecule has 0 saturated carbocycles. The van der Waals surface area contributed by atoms with Gasteiger partial charge in [-0.05, 0) is 26.0 Å². The Kier molecular flexibility index (Phi) is 5.22. The molecule has 1 atom stereocenters. The van der Waals surface area contributed by atoms with Crippen molar-refractivity contribution >= 4 is 5.91 Å². The smallest absolute Gasteiger partial charge is 0.227 e. The van der Waals surface area contributed by atoms with Crippen molar-refractivity contribution in [3.05, 3.63) is 35.4 Å². The van der Waals surface area contributed by atoms with Crippen molar-refractivity contribution in [2.45, 2.75) is 25.8 Å². The Labute approximate surface area is 106 Å². The first-order valence-electron chi connectivity index (χ1n) is 5.86. The molecule has 0 heterocycles. The molecule has 1 unspecified atom stereocenters. The number of nitrogens with two attached hydrogens (primary N) is 1.